The van der Waals surface area contributed by atoms with E-state index in [0.29, 0.717) is 46.0 Å². The molecule has 234 valence electrons. The summed E-state index contributed by atoms with van der Waals surface area (Å²) >= 11 is 6.04. The van der Waals surface area contributed by atoms with Gasteiger partial charge in [-0.1, -0.05) is 46.6 Å². The molecule has 10 heteroatoms. The average Bonchev–Trinajstić information content (AvgIpc) is 3.71. The zero-order valence-corrected chi connectivity index (χ0v) is 28.4. The van der Waals surface area contributed by atoms with Crippen LogP contribution in [-0.2, 0) is 6.42 Å². The van der Waals surface area contributed by atoms with Crippen LogP contribution >= 0.6 is 38.6 Å². The number of halogens is 1. The minimum absolute atomic E-state index is 0.0260. The van der Waals surface area contributed by atoms with Crippen molar-refractivity contribution >= 4 is 61.8 Å². The summed E-state index contributed by atoms with van der Waals surface area (Å²) in [6, 6.07) is 18.5. The van der Waals surface area contributed by atoms with Crippen LogP contribution in [0.5, 0.6) is 5.75 Å². The molecule has 0 aliphatic carbocycles. The summed E-state index contributed by atoms with van der Waals surface area (Å²) in [5.74, 6) is -0.128. The van der Waals surface area contributed by atoms with E-state index >= 15 is 0 Å². The number of ketones is 2. The second-order valence-electron chi connectivity index (χ2n) is 11.1. The number of nitrogens with zero attached hydrogens (tertiary/aromatic N) is 2. The molecule has 1 saturated heterocycles. The number of nitrogens with one attached hydrogen (secondary N) is 1. The van der Waals surface area contributed by atoms with E-state index in [0.717, 1.165) is 40.1 Å². The van der Waals surface area contributed by atoms with E-state index in [9.17, 15) is 19.5 Å². The molecule has 2 aromatic carbocycles. The normalized spacial score (nSPS) is 14.0. The molecule has 2 N–H and O–H groups in total. The Morgan fingerprint density at radius 3 is 2.33 bits per heavy atom. The van der Waals surface area contributed by atoms with E-state index in [4.69, 9.17) is 0 Å². The lowest BCUT2D eigenvalue weighted by Gasteiger charge is -2.26. The Labute approximate surface area is 280 Å². The lowest BCUT2D eigenvalue weighted by Crippen LogP contribution is -2.37. The number of amides is 1. The molecule has 0 spiro atoms. The smallest absolute Gasteiger partial charge is 0.251 e. The van der Waals surface area contributed by atoms with E-state index in [1.807, 2.05) is 41.8 Å². The number of carbonyl (C=O) groups is 3. The van der Waals surface area contributed by atoms with Gasteiger partial charge in [-0.3, -0.25) is 19.4 Å². The van der Waals surface area contributed by atoms with Gasteiger partial charge in [0.1, 0.15) is 12.3 Å². The second kappa shape index (κ2) is 15.7. The molecule has 0 saturated carbocycles. The molecule has 45 heavy (non-hydrogen) atoms. The topological polar surface area (TPSA) is 99.1 Å². The zero-order chi connectivity index (χ0) is 31.8. The summed E-state index contributed by atoms with van der Waals surface area (Å²) in [6.45, 7) is 5.44. The lowest BCUT2D eigenvalue weighted by atomic mass is 10.0. The van der Waals surface area contributed by atoms with Crippen LogP contribution in [-0.4, -0.2) is 65.9 Å². The highest BCUT2D eigenvalue weighted by atomic mass is 79.9. The molecule has 7 nitrogen and oxygen atoms in total. The Kier molecular flexibility index (Phi) is 11.5. The van der Waals surface area contributed by atoms with Gasteiger partial charge >= 0.3 is 0 Å². The number of thiophene rings is 2. The number of aromatic hydroxyl groups is 1. The summed E-state index contributed by atoms with van der Waals surface area (Å²) in [6.07, 6.45) is 4.62. The number of benzene rings is 2. The van der Waals surface area contributed by atoms with Gasteiger partial charge in [0.2, 0.25) is 0 Å². The number of aryl methyl sites for hydroxylation is 1. The van der Waals surface area contributed by atoms with Crippen LogP contribution in [0.3, 0.4) is 0 Å². The molecule has 1 aliphatic heterocycles. The van der Waals surface area contributed by atoms with Crippen LogP contribution in [0.4, 0.5) is 0 Å². The first-order valence-corrected chi connectivity index (χ1v) is 17.6. The van der Waals surface area contributed by atoms with Crippen LogP contribution in [0.25, 0.3) is 10.4 Å². The predicted molar refractivity (Wildman–Crippen MR) is 187 cm³/mol. The van der Waals surface area contributed by atoms with E-state index < -0.39 is 0 Å². The number of aliphatic imine (C=N–C) groups is 1. The molecule has 1 amide bonds. The Hall–Kier alpha value is -3.44. The van der Waals surface area contributed by atoms with E-state index in [1.165, 1.54) is 41.9 Å². The predicted octanol–water partition coefficient (Wildman–Crippen LogP) is 7.67. The molecule has 1 fully saturated rings. The third-order valence-electron chi connectivity index (χ3n) is 7.90. The van der Waals surface area contributed by atoms with E-state index in [-0.39, 0.29) is 29.8 Å². The van der Waals surface area contributed by atoms with Gasteiger partial charge in [0.25, 0.3) is 5.91 Å². The van der Waals surface area contributed by atoms with Crippen molar-refractivity contribution in [1.82, 2.24) is 10.2 Å². The van der Waals surface area contributed by atoms with Crippen LogP contribution in [0.2, 0.25) is 0 Å². The Balaban J connectivity index is 1.09. The number of piperidine rings is 1. The highest BCUT2D eigenvalue weighted by molar-refractivity contribution is 9.10. The summed E-state index contributed by atoms with van der Waals surface area (Å²) in [7, 11) is 0. The Morgan fingerprint density at radius 2 is 1.62 bits per heavy atom. The molecule has 2 aromatic heterocycles. The first kappa shape index (κ1) is 32.9. The number of rotatable bonds is 13. The maximum atomic E-state index is 12.9. The van der Waals surface area contributed by atoms with Gasteiger partial charge in [-0.25, -0.2) is 0 Å². The molecule has 0 unspecified atom stereocenters. The summed E-state index contributed by atoms with van der Waals surface area (Å²) in [4.78, 5) is 46.9. The lowest BCUT2D eigenvalue weighted by molar-refractivity contribution is 0.0944. The number of hydrogen-bond acceptors (Lipinski definition) is 8. The van der Waals surface area contributed by atoms with Gasteiger partial charge < -0.3 is 15.3 Å². The van der Waals surface area contributed by atoms with Crippen LogP contribution < -0.4 is 5.32 Å². The maximum Gasteiger partial charge on any atom is 0.251 e. The standard InChI is InChI=1S/C35H36BrN3O4S2/c1-23(28-22-44-34(33(28)42)25-10-12-27(36)13-11-25)38-21-30(41)32-16-15-31(45-32)29(40)14-7-24-5-8-26(9-6-24)35(43)37-17-20-39-18-3-2-4-19-39/h5-6,8-13,15-16,22,42H,2-4,7,14,17-21H2,1H3,(H,37,43). The van der Waals surface area contributed by atoms with Crippen molar-refractivity contribution < 1.29 is 19.5 Å². The number of Topliss-reactive ketones (excluding diaryl/α,β-unsaturated/α-hetero) is 2. The SMILES string of the molecule is CC(=NCC(=O)c1ccc(C(=O)CCc2ccc(C(=O)NCCN3CCCCC3)cc2)s1)c1csc(-c2ccc(Br)cc2)c1O. The highest BCUT2D eigenvalue weighted by Gasteiger charge is 2.17. The second-order valence-corrected chi connectivity index (χ2v) is 14.0. The molecular weight excluding hydrogens is 670 g/mol. The monoisotopic (exact) mass is 705 g/mol. The maximum absolute atomic E-state index is 12.9. The van der Waals surface area contributed by atoms with Crippen LogP contribution in [0, 0.1) is 0 Å². The molecule has 0 bridgehead atoms. The average molecular weight is 707 g/mol. The minimum atomic E-state index is -0.175. The molecule has 4 aromatic rings. The number of likely N-dealkylation sites (tertiary alicyclic amines) is 1. The fourth-order valence-corrected chi connectivity index (χ4v) is 7.40. The van der Waals surface area contributed by atoms with Gasteiger partial charge in [-0.2, -0.15) is 0 Å². The first-order chi connectivity index (χ1) is 21.8. The third kappa shape index (κ3) is 8.85. The van der Waals surface area contributed by atoms with Crippen molar-refractivity contribution in [2.24, 2.45) is 4.99 Å². The van der Waals surface area contributed by atoms with Crippen molar-refractivity contribution in [1.29, 1.82) is 0 Å². The van der Waals surface area contributed by atoms with E-state index in [2.05, 4.69) is 31.1 Å². The van der Waals surface area contributed by atoms with E-state index in [1.54, 1.807) is 31.2 Å². The summed E-state index contributed by atoms with van der Waals surface area (Å²) < 4.78 is 0.961. The largest absolute Gasteiger partial charge is 0.506 e. The molecule has 1 aliphatic rings. The van der Waals surface area contributed by atoms with Crippen LogP contribution in [0.15, 0.2) is 75.5 Å². The Morgan fingerprint density at radius 1 is 0.933 bits per heavy atom. The van der Waals surface area contributed by atoms with Crippen molar-refractivity contribution in [3.05, 3.63) is 97.0 Å². The van der Waals surface area contributed by atoms with Gasteiger partial charge in [0.05, 0.1) is 14.6 Å². The molecular formula is C35H36BrN3O4S2. The summed E-state index contributed by atoms with van der Waals surface area (Å²) in [5, 5.41) is 15.6. The van der Waals surface area contributed by atoms with Crippen molar-refractivity contribution in [3.8, 4) is 16.2 Å². The number of hydrogen-bond donors (Lipinski definition) is 2. The van der Waals surface area contributed by atoms with Gasteiger partial charge in [0, 0.05) is 46.2 Å². The summed E-state index contributed by atoms with van der Waals surface area (Å²) in [5.41, 5.74) is 3.68. The minimum Gasteiger partial charge on any atom is -0.506 e. The van der Waals surface area contributed by atoms with Gasteiger partial charge in [-0.05, 0) is 86.8 Å². The van der Waals surface area contributed by atoms with Crippen molar-refractivity contribution in [2.45, 2.75) is 39.0 Å². The quantitative estimate of drug-likeness (QED) is 0.110. The molecule has 0 radical (unpaired) electrons. The van der Waals surface area contributed by atoms with Gasteiger partial charge in [-0.15, -0.1) is 22.7 Å². The van der Waals surface area contributed by atoms with Crippen LogP contribution in [0.1, 0.15) is 73.4 Å². The zero-order valence-electron chi connectivity index (χ0n) is 25.2. The molecule has 0 atom stereocenters. The third-order valence-corrected chi connectivity index (χ3v) is 10.6. The Bertz CT molecular complexity index is 1670. The van der Waals surface area contributed by atoms with Crippen molar-refractivity contribution in [3.63, 3.8) is 0 Å². The highest BCUT2D eigenvalue weighted by Crippen LogP contribution is 2.39. The molecule has 3 heterocycles. The van der Waals surface area contributed by atoms with Gasteiger partial charge in [0.15, 0.2) is 11.6 Å². The van der Waals surface area contributed by atoms with Crippen molar-refractivity contribution in [2.75, 3.05) is 32.7 Å². The first-order valence-electron chi connectivity index (χ1n) is 15.1. The number of carbonyl (C=O) groups excluding carboxylic acids is 3. The fraction of sp³-hybridized carbons (Fsp3) is 0.314. The molecule has 5 rings (SSSR count). The fourth-order valence-electron chi connectivity index (χ4n) is 5.22.